The zero-order valence-electron chi connectivity index (χ0n) is 13.7. The van der Waals surface area contributed by atoms with Gasteiger partial charge < -0.3 is 20.5 Å². The van der Waals surface area contributed by atoms with Crippen molar-refractivity contribution in [2.75, 3.05) is 13.1 Å². The minimum Gasteiger partial charge on any atom is -0.508 e. The lowest BCUT2D eigenvalue weighted by molar-refractivity contribution is -0.127. The van der Waals surface area contributed by atoms with Crippen molar-refractivity contribution in [2.45, 2.75) is 13.0 Å². The Kier molecular flexibility index (Phi) is 6.33. The van der Waals surface area contributed by atoms with E-state index in [9.17, 15) is 19.1 Å². The number of hydrogen-bond acceptors (Lipinski definition) is 4. The molecule has 2 aromatic rings. The van der Waals surface area contributed by atoms with Crippen LogP contribution in [-0.2, 0) is 4.79 Å². The fourth-order valence-electron chi connectivity index (χ4n) is 1.99. The molecule has 25 heavy (non-hydrogen) atoms. The van der Waals surface area contributed by atoms with Gasteiger partial charge in [-0.25, -0.2) is 4.39 Å². The number of hydrogen-bond donors (Lipinski definition) is 3. The van der Waals surface area contributed by atoms with E-state index in [4.69, 9.17) is 4.74 Å². The number of amides is 2. The van der Waals surface area contributed by atoms with Crippen LogP contribution in [0.1, 0.15) is 17.3 Å². The average molecular weight is 346 g/mol. The Labute approximate surface area is 144 Å². The van der Waals surface area contributed by atoms with E-state index < -0.39 is 11.9 Å². The summed E-state index contributed by atoms with van der Waals surface area (Å²) in [4.78, 5) is 23.7. The molecule has 0 spiro atoms. The predicted molar refractivity (Wildman–Crippen MR) is 89.9 cm³/mol. The smallest absolute Gasteiger partial charge is 0.260 e. The Hall–Kier alpha value is -3.09. The van der Waals surface area contributed by atoms with E-state index in [0.717, 1.165) is 0 Å². The van der Waals surface area contributed by atoms with Gasteiger partial charge >= 0.3 is 0 Å². The summed E-state index contributed by atoms with van der Waals surface area (Å²) in [7, 11) is 0. The summed E-state index contributed by atoms with van der Waals surface area (Å²) in [5.41, 5.74) is 0.344. The molecule has 0 aliphatic heterocycles. The normalized spacial score (nSPS) is 11.4. The second-order valence-electron chi connectivity index (χ2n) is 5.31. The molecular formula is C18H19FN2O4. The molecule has 2 amide bonds. The molecule has 0 fully saturated rings. The third-order valence-corrected chi connectivity index (χ3v) is 3.34. The second-order valence-corrected chi connectivity index (χ2v) is 5.31. The zero-order chi connectivity index (χ0) is 18.2. The summed E-state index contributed by atoms with van der Waals surface area (Å²) < 4.78 is 18.2. The number of phenols is 1. The van der Waals surface area contributed by atoms with Gasteiger partial charge in [-0.1, -0.05) is 0 Å². The van der Waals surface area contributed by atoms with Crippen molar-refractivity contribution in [3.8, 4) is 11.5 Å². The Morgan fingerprint density at radius 3 is 2.28 bits per heavy atom. The number of rotatable bonds is 7. The Balaban J connectivity index is 1.69. The highest BCUT2D eigenvalue weighted by atomic mass is 19.1. The number of ether oxygens (including phenoxy) is 1. The summed E-state index contributed by atoms with van der Waals surface area (Å²) in [6.07, 6.45) is -0.725. The van der Waals surface area contributed by atoms with Crippen molar-refractivity contribution >= 4 is 11.8 Å². The quantitative estimate of drug-likeness (QED) is 0.668. The first kappa shape index (κ1) is 18.3. The first-order chi connectivity index (χ1) is 12.0. The molecule has 1 atom stereocenters. The highest BCUT2D eigenvalue weighted by Gasteiger charge is 2.14. The van der Waals surface area contributed by atoms with E-state index in [0.29, 0.717) is 11.3 Å². The van der Waals surface area contributed by atoms with Gasteiger partial charge in [0, 0.05) is 18.7 Å². The lowest BCUT2D eigenvalue weighted by atomic mass is 10.2. The van der Waals surface area contributed by atoms with Crippen LogP contribution >= 0.6 is 0 Å². The number of carbonyl (C=O) groups excluding carboxylic acids is 2. The molecule has 7 heteroatoms. The standard InChI is InChI=1S/C18H19FN2O4/c1-12(25-16-8-6-15(22)7-9-16)17(23)20-10-11-21-18(24)13-2-4-14(19)5-3-13/h2-9,12,22H,10-11H2,1H3,(H,20,23)(H,21,24). The molecule has 0 bridgehead atoms. The second kappa shape index (κ2) is 8.68. The molecule has 2 aromatic carbocycles. The number of nitrogens with one attached hydrogen (secondary N) is 2. The molecule has 2 rings (SSSR count). The number of carbonyl (C=O) groups is 2. The van der Waals surface area contributed by atoms with E-state index >= 15 is 0 Å². The fourth-order valence-corrected chi connectivity index (χ4v) is 1.99. The summed E-state index contributed by atoms with van der Waals surface area (Å²) >= 11 is 0. The van der Waals surface area contributed by atoms with Gasteiger partial charge in [0.05, 0.1) is 0 Å². The van der Waals surface area contributed by atoms with Gasteiger partial charge in [-0.2, -0.15) is 0 Å². The Morgan fingerprint density at radius 2 is 1.64 bits per heavy atom. The molecule has 3 N–H and O–H groups in total. The average Bonchev–Trinajstić information content (AvgIpc) is 2.60. The van der Waals surface area contributed by atoms with Crippen LogP contribution in [0.2, 0.25) is 0 Å². The molecule has 0 heterocycles. The molecular weight excluding hydrogens is 327 g/mol. The molecule has 0 aliphatic carbocycles. The first-order valence-electron chi connectivity index (χ1n) is 7.73. The maximum Gasteiger partial charge on any atom is 0.260 e. The van der Waals surface area contributed by atoms with Gasteiger partial charge in [-0.05, 0) is 55.5 Å². The van der Waals surface area contributed by atoms with Crippen molar-refractivity contribution in [3.05, 3.63) is 59.9 Å². The van der Waals surface area contributed by atoms with Crippen LogP contribution in [0.3, 0.4) is 0 Å². The lowest BCUT2D eigenvalue weighted by Crippen LogP contribution is -2.40. The number of phenolic OH excluding ortho intramolecular Hbond substituents is 1. The van der Waals surface area contributed by atoms with E-state index in [2.05, 4.69) is 10.6 Å². The van der Waals surface area contributed by atoms with Crippen LogP contribution in [0.15, 0.2) is 48.5 Å². The predicted octanol–water partition coefficient (Wildman–Crippen LogP) is 1.84. The van der Waals surface area contributed by atoms with Crippen molar-refractivity contribution in [1.29, 1.82) is 0 Å². The summed E-state index contributed by atoms with van der Waals surface area (Å²) in [5.74, 6) is -0.510. The highest BCUT2D eigenvalue weighted by molar-refractivity contribution is 5.94. The number of benzene rings is 2. The third-order valence-electron chi connectivity index (χ3n) is 3.34. The van der Waals surface area contributed by atoms with Crippen LogP contribution in [0.5, 0.6) is 11.5 Å². The fraction of sp³-hybridized carbons (Fsp3) is 0.222. The van der Waals surface area contributed by atoms with Gasteiger partial charge in [0.2, 0.25) is 0 Å². The molecule has 0 aromatic heterocycles. The zero-order valence-corrected chi connectivity index (χ0v) is 13.7. The maximum absolute atomic E-state index is 12.8. The van der Waals surface area contributed by atoms with Crippen molar-refractivity contribution in [3.63, 3.8) is 0 Å². The summed E-state index contributed by atoms with van der Waals surface area (Å²) in [5, 5.41) is 14.5. The summed E-state index contributed by atoms with van der Waals surface area (Å²) in [6.45, 7) is 2.06. The molecule has 0 radical (unpaired) electrons. The monoisotopic (exact) mass is 346 g/mol. The summed E-state index contributed by atoms with van der Waals surface area (Å²) in [6, 6.07) is 11.2. The maximum atomic E-state index is 12.8. The third kappa shape index (κ3) is 5.80. The van der Waals surface area contributed by atoms with E-state index in [-0.39, 0.29) is 30.7 Å². The van der Waals surface area contributed by atoms with E-state index in [1.807, 2.05) is 0 Å². The van der Waals surface area contributed by atoms with Gasteiger partial charge in [0.15, 0.2) is 6.10 Å². The minimum atomic E-state index is -0.725. The number of halogens is 1. The van der Waals surface area contributed by atoms with Crippen molar-refractivity contribution in [2.24, 2.45) is 0 Å². The van der Waals surface area contributed by atoms with Crippen LogP contribution in [0.25, 0.3) is 0 Å². The van der Waals surface area contributed by atoms with Crippen LogP contribution in [0, 0.1) is 5.82 Å². The van der Waals surface area contributed by atoms with Crippen molar-refractivity contribution in [1.82, 2.24) is 10.6 Å². The van der Waals surface area contributed by atoms with Crippen molar-refractivity contribution < 1.29 is 23.8 Å². The molecule has 132 valence electrons. The highest BCUT2D eigenvalue weighted by Crippen LogP contribution is 2.17. The lowest BCUT2D eigenvalue weighted by Gasteiger charge is -2.15. The molecule has 6 nitrogen and oxygen atoms in total. The van der Waals surface area contributed by atoms with E-state index in [1.165, 1.54) is 36.4 Å². The molecule has 1 unspecified atom stereocenters. The largest absolute Gasteiger partial charge is 0.508 e. The van der Waals surface area contributed by atoms with Gasteiger partial charge in [-0.3, -0.25) is 9.59 Å². The SMILES string of the molecule is CC(Oc1ccc(O)cc1)C(=O)NCCNC(=O)c1ccc(F)cc1. The first-order valence-corrected chi connectivity index (χ1v) is 7.73. The van der Waals surface area contributed by atoms with Gasteiger partial charge in [0.25, 0.3) is 11.8 Å². The molecule has 0 saturated heterocycles. The van der Waals surface area contributed by atoms with Crippen LogP contribution in [0.4, 0.5) is 4.39 Å². The minimum absolute atomic E-state index is 0.112. The number of aromatic hydroxyl groups is 1. The molecule has 0 aliphatic rings. The van der Waals surface area contributed by atoms with Gasteiger partial charge in [0.1, 0.15) is 17.3 Å². The van der Waals surface area contributed by atoms with Crippen LogP contribution in [-0.4, -0.2) is 36.1 Å². The topological polar surface area (TPSA) is 87.7 Å². The molecule has 0 saturated carbocycles. The Morgan fingerprint density at radius 1 is 1.04 bits per heavy atom. The Bertz CT molecular complexity index is 717. The van der Waals surface area contributed by atoms with E-state index in [1.54, 1.807) is 19.1 Å². The van der Waals surface area contributed by atoms with Crippen LogP contribution < -0.4 is 15.4 Å². The van der Waals surface area contributed by atoms with Gasteiger partial charge in [-0.15, -0.1) is 0 Å².